The average Bonchev–Trinajstić information content (AvgIpc) is 2.32. The molecule has 0 aliphatic carbocycles. The molecular weight excluding hydrogens is 210 g/mol. The molecule has 0 amide bonds. The molecule has 0 bridgehead atoms. The third-order valence-electron chi connectivity index (χ3n) is 2.46. The topological polar surface area (TPSA) is 77.8 Å². The SMILES string of the molecule is COC(OC)(OC)C(C)NCCNCCN. The quantitative estimate of drug-likeness (QED) is 0.337. The van der Waals surface area contributed by atoms with Crippen LogP contribution in [-0.2, 0) is 14.2 Å². The minimum Gasteiger partial charge on any atom is -0.330 e. The first-order chi connectivity index (χ1) is 7.66. The highest BCUT2D eigenvalue weighted by molar-refractivity contribution is 4.73. The lowest BCUT2D eigenvalue weighted by molar-refractivity contribution is -0.363. The molecule has 0 aromatic rings. The van der Waals surface area contributed by atoms with E-state index in [2.05, 4.69) is 10.6 Å². The zero-order chi connectivity index (χ0) is 12.4. The molecule has 1 unspecified atom stereocenters. The van der Waals surface area contributed by atoms with E-state index in [0.29, 0.717) is 6.54 Å². The summed E-state index contributed by atoms with van der Waals surface area (Å²) in [6.45, 7) is 5.04. The largest absolute Gasteiger partial charge is 0.330 e. The zero-order valence-electron chi connectivity index (χ0n) is 10.7. The monoisotopic (exact) mass is 235 g/mol. The highest BCUT2D eigenvalue weighted by Crippen LogP contribution is 2.16. The van der Waals surface area contributed by atoms with Crippen LogP contribution in [-0.4, -0.2) is 59.5 Å². The fourth-order valence-electron chi connectivity index (χ4n) is 1.51. The Morgan fingerprint density at radius 3 is 2.06 bits per heavy atom. The molecule has 0 radical (unpaired) electrons. The summed E-state index contributed by atoms with van der Waals surface area (Å²) in [6.07, 6.45) is 0. The number of methoxy groups -OCH3 is 3. The van der Waals surface area contributed by atoms with E-state index < -0.39 is 5.97 Å². The van der Waals surface area contributed by atoms with Crippen molar-refractivity contribution in [1.82, 2.24) is 10.6 Å². The Morgan fingerprint density at radius 2 is 1.62 bits per heavy atom. The van der Waals surface area contributed by atoms with E-state index in [-0.39, 0.29) is 6.04 Å². The Balaban J connectivity index is 3.88. The van der Waals surface area contributed by atoms with Crippen LogP contribution in [0.4, 0.5) is 0 Å². The van der Waals surface area contributed by atoms with Crippen LogP contribution in [0.2, 0.25) is 0 Å². The molecule has 4 N–H and O–H groups in total. The summed E-state index contributed by atoms with van der Waals surface area (Å²) >= 11 is 0. The van der Waals surface area contributed by atoms with Crippen LogP contribution < -0.4 is 16.4 Å². The second-order valence-electron chi connectivity index (χ2n) is 3.43. The van der Waals surface area contributed by atoms with Gasteiger partial charge >= 0.3 is 0 Å². The number of hydrogen-bond acceptors (Lipinski definition) is 6. The molecule has 6 nitrogen and oxygen atoms in total. The Kier molecular flexibility index (Phi) is 8.73. The molecule has 0 fully saturated rings. The average molecular weight is 235 g/mol. The van der Waals surface area contributed by atoms with E-state index in [9.17, 15) is 0 Å². The van der Waals surface area contributed by atoms with Gasteiger partial charge in [0.15, 0.2) is 0 Å². The zero-order valence-corrected chi connectivity index (χ0v) is 10.7. The minimum absolute atomic E-state index is 0.0767. The van der Waals surface area contributed by atoms with Crippen molar-refractivity contribution in [1.29, 1.82) is 0 Å². The summed E-state index contributed by atoms with van der Waals surface area (Å²) in [5.74, 6) is -1.03. The fourth-order valence-corrected chi connectivity index (χ4v) is 1.51. The second kappa shape index (κ2) is 8.86. The minimum atomic E-state index is -1.03. The third-order valence-corrected chi connectivity index (χ3v) is 2.46. The molecule has 0 aliphatic heterocycles. The van der Waals surface area contributed by atoms with Gasteiger partial charge in [0, 0.05) is 47.5 Å². The first-order valence-electron chi connectivity index (χ1n) is 5.46. The van der Waals surface area contributed by atoms with E-state index in [1.807, 2.05) is 6.92 Å². The lowest BCUT2D eigenvalue weighted by Gasteiger charge is -2.34. The molecule has 0 heterocycles. The summed E-state index contributed by atoms with van der Waals surface area (Å²) in [5, 5.41) is 6.44. The molecule has 0 rings (SSSR count). The van der Waals surface area contributed by atoms with Gasteiger partial charge in [-0.05, 0) is 6.92 Å². The fraction of sp³-hybridized carbons (Fsp3) is 1.00. The molecule has 0 aromatic carbocycles. The highest BCUT2D eigenvalue weighted by atomic mass is 16.9. The first kappa shape index (κ1) is 15.8. The highest BCUT2D eigenvalue weighted by Gasteiger charge is 2.36. The number of ether oxygens (including phenoxy) is 3. The van der Waals surface area contributed by atoms with Crippen molar-refractivity contribution in [2.24, 2.45) is 5.73 Å². The van der Waals surface area contributed by atoms with Crippen molar-refractivity contribution in [2.75, 3.05) is 47.5 Å². The Bertz CT molecular complexity index is 157. The molecule has 0 saturated heterocycles. The van der Waals surface area contributed by atoms with Crippen LogP contribution in [0.5, 0.6) is 0 Å². The Labute approximate surface area is 97.8 Å². The molecule has 0 spiro atoms. The molecule has 1 atom stereocenters. The van der Waals surface area contributed by atoms with E-state index in [1.54, 1.807) is 21.3 Å². The maximum atomic E-state index is 5.36. The van der Waals surface area contributed by atoms with Crippen molar-refractivity contribution in [3.63, 3.8) is 0 Å². The van der Waals surface area contributed by atoms with E-state index >= 15 is 0 Å². The molecule has 0 saturated carbocycles. The van der Waals surface area contributed by atoms with Crippen LogP contribution in [0.15, 0.2) is 0 Å². The predicted octanol–water partition coefficient (Wildman–Crippen LogP) is -0.894. The van der Waals surface area contributed by atoms with Gasteiger partial charge in [-0.3, -0.25) is 0 Å². The Morgan fingerprint density at radius 1 is 1.06 bits per heavy atom. The van der Waals surface area contributed by atoms with Crippen LogP contribution in [0.3, 0.4) is 0 Å². The van der Waals surface area contributed by atoms with Crippen molar-refractivity contribution >= 4 is 0 Å². The third kappa shape index (κ3) is 4.73. The van der Waals surface area contributed by atoms with Gasteiger partial charge in [-0.15, -0.1) is 0 Å². The number of nitrogens with two attached hydrogens (primary N) is 1. The predicted molar refractivity (Wildman–Crippen MR) is 63.1 cm³/mol. The molecule has 98 valence electrons. The van der Waals surface area contributed by atoms with Gasteiger partial charge in [0.25, 0.3) is 5.97 Å². The van der Waals surface area contributed by atoms with E-state index in [1.165, 1.54) is 0 Å². The van der Waals surface area contributed by atoms with Crippen molar-refractivity contribution in [3.05, 3.63) is 0 Å². The van der Waals surface area contributed by atoms with Gasteiger partial charge in [-0.2, -0.15) is 0 Å². The van der Waals surface area contributed by atoms with Crippen LogP contribution in [0.25, 0.3) is 0 Å². The number of nitrogens with one attached hydrogen (secondary N) is 2. The normalized spacial score (nSPS) is 14.1. The van der Waals surface area contributed by atoms with Crippen LogP contribution >= 0.6 is 0 Å². The molecule has 16 heavy (non-hydrogen) atoms. The maximum absolute atomic E-state index is 5.36. The van der Waals surface area contributed by atoms with Crippen molar-refractivity contribution < 1.29 is 14.2 Å². The molecular formula is C10H25N3O3. The van der Waals surface area contributed by atoms with E-state index in [0.717, 1.165) is 19.6 Å². The summed E-state index contributed by atoms with van der Waals surface area (Å²) < 4.78 is 15.7. The maximum Gasteiger partial charge on any atom is 0.298 e. The van der Waals surface area contributed by atoms with Gasteiger partial charge in [-0.25, -0.2) is 0 Å². The molecule has 6 heteroatoms. The summed E-state index contributed by atoms with van der Waals surface area (Å²) in [7, 11) is 4.66. The lowest BCUT2D eigenvalue weighted by atomic mass is 10.2. The van der Waals surface area contributed by atoms with Gasteiger partial charge in [-0.1, -0.05) is 0 Å². The number of rotatable bonds is 10. The van der Waals surface area contributed by atoms with Crippen LogP contribution in [0, 0.1) is 0 Å². The molecule has 0 aromatic heterocycles. The van der Waals surface area contributed by atoms with Crippen LogP contribution in [0.1, 0.15) is 6.92 Å². The van der Waals surface area contributed by atoms with Crippen molar-refractivity contribution in [3.8, 4) is 0 Å². The summed E-state index contributed by atoms with van der Waals surface area (Å²) in [5.41, 5.74) is 5.36. The van der Waals surface area contributed by atoms with Gasteiger partial charge in [0.05, 0.1) is 6.04 Å². The lowest BCUT2D eigenvalue weighted by Crippen LogP contribution is -2.54. The van der Waals surface area contributed by atoms with Gasteiger partial charge in [0.2, 0.25) is 0 Å². The van der Waals surface area contributed by atoms with E-state index in [4.69, 9.17) is 19.9 Å². The standard InChI is InChI=1S/C10H25N3O3/c1-9(10(14-2,15-3)16-4)13-8-7-12-6-5-11/h9,12-13H,5-8,11H2,1-4H3. The Hall–Kier alpha value is -0.240. The smallest absolute Gasteiger partial charge is 0.298 e. The number of hydrogen-bond donors (Lipinski definition) is 3. The summed E-state index contributed by atoms with van der Waals surface area (Å²) in [4.78, 5) is 0. The van der Waals surface area contributed by atoms with Gasteiger partial charge in [0.1, 0.15) is 0 Å². The first-order valence-corrected chi connectivity index (χ1v) is 5.46. The van der Waals surface area contributed by atoms with Crippen molar-refractivity contribution in [2.45, 2.75) is 18.9 Å². The summed E-state index contributed by atoms with van der Waals surface area (Å²) in [6, 6.07) is -0.0767. The second-order valence-corrected chi connectivity index (χ2v) is 3.43. The van der Waals surface area contributed by atoms with Gasteiger partial charge < -0.3 is 30.6 Å². The molecule has 0 aliphatic rings.